The van der Waals surface area contributed by atoms with Crippen molar-refractivity contribution < 1.29 is 32.2 Å². The summed E-state index contributed by atoms with van der Waals surface area (Å²) < 4.78 is 46.0. The molecule has 1 aliphatic rings. The Labute approximate surface area is 293 Å². The molecule has 10 nitrogen and oxygen atoms in total. The summed E-state index contributed by atoms with van der Waals surface area (Å²) in [5.41, 5.74) is 0.791. The summed E-state index contributed by atoms with van der Waals surface area (Å²) in [5, 5.41) is 3.88. The van der Waals surface area contributed by atoms with E-state index in [0.717, 1.165) is 36.4 Å². The van der Waals surface area contributed by atoms with Crippen molar-refractivity contribution in [2.75, 3.05) is 31.7 Å². The lowest BCUT2D eigenvalue weighted by Crippen LogP contribution is -2.54. The highest BCUT2D eigenvalue weighted by Gasteiger charge is 2.35. The molecule has 3 aromatic carbocycles. The molecule has 0 heterocycles. The van der Waals surface area contributed by atoms with E-state index in [1.165, 1.54) is 37.3 Å². The van der Waals surface area contributed by atoms with Gasteiger partial charge in [-0.3, -0.25) is 13.9 Å². The predicted octanol–water partition coefficient (Wildman–Crippen LogP) is 6.86. The smallest absolute Gasteiger partial charge is 0.264 e. The van der Waals surface area contributed by atoms with Crippen LogP contribution in [0.4, 0.5) is 5.69 Å². The molecule has 48 heavy (non-hydrogen) atoms. The van der Waals surface area contributed by atoms with E-state index in [-0.39, 0.29) is 34.8 Å². The number of anilines is 1. The topological polar surface area (TPSA) is 114 Å². The maximum atomic E-state index is 14.5. The lowest BCUT2D eigenvalue weighted by Gasteiger charge is -2.34. The molecule has 1 saturated carbocycles. The van der Waals surface area contributed by atoms with Gasteiger partial charge in [-0.15, -0.1) is 0 Å². The van der Waals surface area contributed by atoms with Gasteiger partial charge in [0.05, 0.1) is 31.4 Å². The van der Waals surface area contributed by atoms with E-state index in [9.17, 15) is 18.0 Å². The van der Waals surface area contributed by atoms with Gasteiger partial charge in [0.1, 0.15) is 18.3 Å². The van der Waals surface area contributed by atoms with Gasteiger partial charge in [-0.05, 0) is 80.3 Å². The average molecular weight is 721 g/mol. The molecular weight excluding hydrogens is 677 g/mol. The zero-order valence-electron chi connectivity index (χ0n) is 27.7. The number of nitrogens with one attached hydrogen (secondary N) is 1. The van der Waals surface area contributed by atoms with Crippen LogP contribution in [0.1, 0.15) is 57.9 Å². The molecule has 4 rings (SSSR count). The van der Waals surface area contributed by atoms with Crippen molar-refractivity contribution >= 4 is 50.7 Å². The summed E-state index contributed by atoms with van der Waals surface area (Å²) in [7, 11) is -1.50. The Bertz CT molecular complexity index is 1670. The van der Waals surface area contributed by atoms with Crippen molar-refractivity contribution in [2.45, 2.75) is 75.9 Å². The number of nitrogens with zero attached hydrogens (tertiary/aromatic N) is 2. The number of sulfonamides is 1. The normalized spacial score (nSPS) is 14.1. The van der Waals surface area contributed by atoms with E-state index in [1.54, 1.807) is 42.5 Å². The van der Waals surface area contributed by atoms with Gasteiger partial charge in [-0.2, -0.15) is 0 Å². The van der Waals surface area contributed by atoms with Crippen LogP contribution in [0.2, 0.25) is 10.0 Å². The number of rotatable bonds is 15. The second-order valence-electron chi connectivity index (χ2n) is 11.5. The van der Waals surface area contributed by atoms with E-state index in [4.69, 9.17) is 37.4 Å². The fourth-order valence-corrected chi connectivity index (χ4v) is 7.70. The van der Waals surface area contributed by atoms with Crippen LogP contribution in [0.25, 0.3) is 0 Å². The highest BCUT2D eigenvalue weighted by Crippen LogP contribution is 2.33. The van der Waals surface area contributed by atoms with Gasteiger partial charge in [-0.1, -0.05) is 55.5 Å². The number of carbonyl (C=O) groups excluding carboxylic acids is 2. The zero-order valence-corrected chi connectivity index (χ0v) is 30.0. The monoisotopic (exact) mass is 719 g/mol. The Kier molecular flexibility index (Phi) is 13.3. The van der Waals surface area contributed by atoms with Gasteiger partial charge in [0.15, 0.2) is 11.5 Å². The maximum absolute atomic E-state index is 14.5. The average Bonchev–Trinajstić information content (AvgIpc) is 3.08. The SMILES string of the molecule is CCOc1ccc(N(CC(=O)N(Cc2ccc(Cl)cc2Cl)[C@H](CC)C(=O)NC2CCCCC2)S(=O)(=O)c2ccc(OC)c(OC)c2)cc1. The second kappa shape index (κ2) is 17.1. The van der Waals surface area contributed by atoms with Crippen molar-refractivity contribution in [3.05, 3.63) is 76.3 Å². The molecule has 0 radical (unpaired) electrons. The van der Waals surface area contributed by atoms with Crippen molar-refractivity contribution in [1.29, 1.82) is 0 Å². The van der Waals surface area contributed by atoms with E-state index in [0.29, 0.717) is 40.1 Å². The molecule has 260 valence electrons. The first-order valence-electron chi connectivity index (χ1n) is 16.0. The number of hydrogen-bond donors (Lipinski definition) is 1. The third kappa shape index (κ3) is 9.06. The van der Waals surface area contributed by atoms with Gasteiger partial charge >= 0.3 is 0 Å². The molecule has 0 spiro atoms. The van der Waals surface area contributed by atoms with Crippen molar-refractivity contribution in [2.24, 2.45) is 0 Å². The Balaban J connectivity index is 1.76. The van der Waals surface area contributed by atoms with E-state index in [1.807, 2.05) is 13.8 Å². The molecule has 1 N–H and O–H groups in total. The fraction of sp³-hybridized carbons (Fsp3) is 0.429. The molecule has 0 bridgehead atoms. The molecular formula is C35H43Cl2N3O7S. The van der Waals surface area contributed by atoms with E-state index < -0.39 is 28.5 Å². The standard InChI is InChI=1S/C35H43Cl2N3O7S/c1-5-31(35(42)38-26-10-8-7-9-11-26)39(22-24-12-13-25(36)20-30(24)37)34(41)23-40(27-14-16-28(17-15-27)47-6-2)48(43,44)29-18-19-32(45-3)33(21-29)46-4/h12-21,26,31H,5-11,22-23H2,1-4H3,(H,38,42)/t31-/m1/s1. The first-order chi connectivity index (χ1) is 23.0. The Morgan fingerprint density at radius 2 is 1.60 bits per heavy atom. The number of halogens is 2. The number of amides is 2. The van der Waals surface area contributed by atoms with Crippen LogP contribution in [-0.2, 0) is 26.2 Å². The minimum atomic E-state index is -4.36. The molecule has 0 aromatic heterocycles. The van der Waals surface area contributed by atoms with Gasteiger partial charge in [0, 0.05) is 28.7 Å². The third-order valence-electron chi connectivity index (χ3n) is 8.35. The first kappa shape index (κ1) is 37.2. The molecule has 13 heteroatoms. The van der Waals surface area contributed by atoms with Crippen molar-refractivity contribution in [3.63, 3.8) is 0 Å². The molecule has 1 fully saturated rings. The lowest BCUT2D eigenvalue weighted by atomic mass is 9.95. The maximum Gasteiger partial charge on any atom is 0.264 e. The molecule has 0 aliphatic heterocycles. The summed E-state index contributed by atoms with van der Waals surface area (Å²) in [5.74, 6) is 0.213. The largest absolute Gasteiger partial charge is 0.494 e. The highest BCUT2D eigenvalue weighted by molar-refractivity contribution is 7.92. The van der Waals surface area contributed by atoms with Crippen LogP contribution < -0.4 is 23.8 Å². The quantitative estimate of drug-likeness (QED) is 0.183. The van der Waals surface area contributed by atoms with E-state index in [2.05, 4.69) is 5.32 Å². The Morgan fingerprint density at radius 3 is 2.21 bits per heavy atom. The van der Waals surface area contributed by atoms with Gasteiger partial charge in [0.2, 0.25) is 11.8 Å². The molecule has 0 unspecified atom stereocenters. The molecule has 1 aliphatic carbocycles. The molecule has 1 atom stereocenters. The van der Waals surface area contributed by atoms with E-state index >= 15 is 0 Å². The third-order valence-corrected chi connectivity index (χ3v) is 10.7. The summed E-state index contributed by atoms with van der Waals surface area (Å²) >= 11 is 12.7. The number of carbonyl (C=O) groups is 2. The molecule has 3 aromatic rings. The summed E-state index contributed by atoms with van der Waals surface area (Å²) in [6.45, 7) is 3.44. The number of benzene rings is 3. The summed E-state index contributed by atoms with van der Waals surface area (Å²) in [4.78, 5) is 29.6. The van der Waals surface area contributed by atoms with Crippen LogP contribution in [0.3, 0.4) is 0 Å². The van der Waals surface area contributed by atoms with Crippen LogP contribution in [0.15, 0.2) is 65.6 Å². The van der Waals surface area contributed by atoms with Crippen molar-refractivity contribution in [1.82, 2.24) is 10.2 Å². The minimum Gasteiger partial charge on any atom is -0.494 e. The highest BCUT2D eigenvalue weighted by atomic mass is 35.5. The lowest BCUT2D eigenvalue weighted by molar-refractivity contribution is -0.140. The predicted molar refractivity (Wildman–Crippen MR) is 188 cm³/mol. The molecule has 2 amide bonds. The Hall–Kier alpha value is -3.67. The van der Waals surface area contributed by atoms with Gasteiger partial charge in [-0.25, -0.2) is 8.42 Å². The number of methoxy groups -OCH3 is 2. The van der Waals surface area contributed by atoms with Gasteiger partial charge in [0.25, 0.3) is 10.0 Å². The van der Waals surface area contributed by atoms with Crippen molar-refractivity contribution in [3.8, 4) is 17.2 Å². The fourth-order valence-electron chi connectivity index (χ4n) is 5.81. The number of ether oxygens (including phenoxy) is 3. The molecule has 0 saturated heterocycles. The number of hydrogen-bond acceptors (Lipinski definition) is 7. The minimum absolute atomic E-state index is 0.0159. The summed E-state index contributed by atoms with van der Waals surface area (Å²) in [6, 6.07) is 14.7. The zero-order chi connectivity index (χ0) is 34.8. The first-order valence-corrected chi connectivity index (χ1v) is 18.2. The van der Waals surface area contributed by atoms with Gasteiger partial charge < -0.3 is 24.4 Å². The summed E-state index contributed by atoms with van der Waals surface area (Å²) in [6.07, 6.45) is 5.20. The van der Waals surface area contributed by atoms with Crippen LogP contribution in [-0.4, -0.2) is 64.6 Å². The van der Waals surface area contributed by atoms with Crippen LogP contribution >= 0.6 is 23.2 Å². The Morgan fingerprint density at radius 1 is 0.917 bits per heavy atom. The van der Waals surface area contributed by atoms with Crippen LogP contribution in [0.5, 0.6) is 17.2 Å². The van der Waals surface area contributed by atoms with Crippen LogP contribution in [0, 0.1) is 0 Å². The second-order valence-corrected chi connectivity index (χ2v) is 14.2.